The SMILES string of the molecule is O=C(O)OC1C(O)C(COC(=O)CC(=O)OC2C(Oc3cc(O)c4c(=O)c(OC5OC(CO)C(O)C(O)C5OC5OC(CO)C(O)C(O)C5O)c(-c5ccc(O)cc5)oc4c3)OC(C(=O)O)C(O)C2O)OC(OC2=C(c3ccc(O)c(O)c3)OC3C=C(O)C=C(O)C3=C2)C1O. The quantitative estimate of drug-likeness (QED) is 0.0185. The van der Waals surface area contributed by atoms with E-state index in [1.54, 1.807) is 0 Å². The minimum Gasteiger partial charge on any atom is -0.508 e. The number of aliphatic carboxylic acids is 1. The Morgan fingerprint density at radius 3 is 1.85 bits per heavy atom. The molecule has 1 aromatic heterocycles. The summed E-state index contributed by atoms with van der Waals surface area (Å²) >= 11 is 0. The maximum atomic E-state index is 14.7. The number of aliphatic hydroxyl groups is 13. The van der Waals surface area contributed by atoms with Gasteiger partial charge < -0.3 is 158 Å². The van der Waals surface area contributed by atoms with Gasteiger partial charge in [-0.15, -0.1) is 0 Å². The van der Waals surface area contributed by atoms with Crippen molar-refractivity contribution in [2.75, 3.05) is 19.8 Å². The van der Waals surface area contributed by atoms with Gasteiger partial charge in [0.1, 0.15) is 126 Å². The topological polar surface area (TPSA) is 594 Å². The Hall–Kier alpha value is -9.13. The highest BCUT2D eigenvalue weighted by molar-refractivity contribution is 5.91. The molecule has 6 aliphatic rings. The monoisotopic (exact) mass is 1350 g/mol. The Morgan fingerprint density at radius 2 is 1.19 bits per heavy atom. The van der Waals surface area contributed by atoms with E-state index < -0.39 is 247 Å². The summed E-state index contributed by atoms with van der Waals surface area (Å²) in [7, 11) is 0. The Balaban J connectivity index is 0.885. The lowest BCUT2D eigenvalue weighted by molar-refractivity contribution is -0.358. The van der Waals surface area contributed by atoms with E-state index in [9.17, 15) is 121 Å². The van der Waals surface area contributed by atoms with Gasteiger partial charge in [0.05, 0.1) is 13.2 Å². The standard InChI is InChI=1S/C58H60O37/c59-14-30-36(69)40(73)44(77)54(88-30)94-52-41(74)37(70)31(15-60)89-57(52)92-49-39(72)35-26(66)10-21(11-28(35)86-47(49)17-1-4-19(61)5-2-17)84-56-51(43(76)42(75)50(93-56)53(79)80)91-34(68)13-33(67)83-16-32-38(71)48(95-58(81)82)45(78)55(90-32)87-29-12-22-24(64)8-20(62)9-27(22)85-46(29)18-3-6-23(63)25(65)7-18/h1-12,27,30-32,36-38,40-45,48,50-52,54-57,59-66,69-71,73-78H,13-16H2,(H,79,80)(H,81,82). The van der Waals surface area contributed by atoms with Crippen LogP contribution in [0.2, 0.25) is 0 Å². The zero-order valence-corrected chi connectivity index (χ0v) is 48.2. The number of aliphatic hydroxyl groups excluding tert-OH is 13. The predicted octanol–water partition coefficient (Wildman–Crippen LogP) is -3.84. The minimum atomic E-state index is -2.45. The van der Waals surface area contributed by atoms with Crippen molar-refractivity contribution in [1.29, 1.82) is 0 Å². The lowest BCUT2D eigenvalue weighted by atomic mass is 9.96. The zero-order chi connectivity index (χ0) is 68.8. The first-order valence-corrected chi connectivity index (χ1v) is 28.2. The van der Waals surface area contributed by atoms with E-state index >= 15 is 0 Å². The third kappa shape index (κ3) is 14.2. The van der Waals surface area contributed by atoms with Crippen LogP contribution >= 0.6 is 0 Å². The van der Waals surface area contributed by atoms with Crippen LogP contribution in [0.25, 0.3) is 28.1 Å². The molecule has 10 rings (SSSR count). The number of aromatic hydroxyl groups is 4. The normalized spacial score (nSPS) is 33.1. The summed E-state index contributed by atoms with van der Waals surface area (Å²) in [6.45, 7) is -3.05. The molecule has 0 bridgehead atoms. The number of hydrogen-bond donors (Lipinski definition) is 19. The van der Waals surface area contributed by atoms with Crippen molar-refractivity contribution in [3.8, 4) is 45.8 Å². The predicted molar refractivity (Wildman–Crippen MR) is 298 cm³/mol. The van der Waals surface area contributed by atoms with E-state index in [1.807, 2.05) is 0 Å². The molecule has 37 heteroatoms. The summed E-state index contributed by atoms with van der Waals surface area (Å²) in [6.07, 6.45) is -43.6. The van der Waals surface area contributed by atoms with Crippen molar-refractivity contribution in [2.24, 2.45) is 0 Å². The molecule has 95 heavy (non-hydrogen) atoms. The molecule has 4 aromatic rings. The fourth-order valence-corrected chi connectivity index (χ4v) is 10.7. The number of fused-ring (bicyclic) bond motifs is 2. The number of allylic oxidation sites excluding steroid dienone is 2. The minimum absolute atomic E-state index is 0.0240. The molecule has 4 saturated heterocycles. The number of phenols is 4. The molecule has 0 spiro atoms. The Bertz CT molecular complexity index is 3730. The summed E-state index contributed by atoms with van der Waals surface area (Å²) in [5.41, 5.74) is -2.10. The van der Waals surface area contributed by atoms with Crippen LogP contribution in [0.3, 0.4) is 0 Å². The molecule has 3 aromatic carbocycles. The van der Waals surface area contributed by atoms with Gasteiger partial charge >= 0.3 is 24.1 Å². The van der Waals surface area contributed by atoms with Gasteiger partial charge in [0.15, 0.2) is 65.6 Å². The smallest absolute Gasteiger partial charge is 0.506 e. The zero-order valence-electron chi connectivity index (χ0n) is 48.2. The molecule has 5 aliphatic heterocycles. The summed E-state index contributed by atoms with van der Waals surface area (Å²) in [5.74, 6) is -11.5. The second-order valence-electron chi connectivity index (χ2n) is 21.9. The van der Waals surface area contributed by atoms with Crippen LogP contribution in [-0.2, 0) is 61.8 Å². The number of esters is 2. The van der Waals surface area contributed by atoms with Gasteiger partial charge in [0.25, 0.3) is 0 Å². The number of hydrogen-bond acceptors (Lipinski definition) is 35. The number of carboxylic acid groups (broad SMARTS) is 2. The van der Waals surface area contributed by atoms with Crippen LogP contribution < -0.4 is 14.9 Å². The molecule has 21 unspecified atom stereocenters. The summed E-state index contributed by atoms with van der Waals surface area (Å²) in [6, 6.07) is 9.44. The second-order valence-corrected chi connectivity index (χ2v) is 21.9. The molecule has 0 radical (unpaired) electrons. The molecule has 6 heterocycles. The van der Waals surface area contributed by atoms with Crippen molar-refractivity contribution in [3.05, 3.63) is 111 Å². The van der Waals surface area contributed by atoms with Gasteiger partial charge in [0.2, 0.25) is 30.0 Å². The van der Waals surface area contributed by atoms with Crippen molar-refractivity contribution >= 4 is 40.8 Å². The molecule has 21 atom stereocenters. The van der Waals surface area contributed by atoms with Crippen molar-refractivity contribution in [2.45, 2.75) is 135 Å². The highest BCUT2D eigenvalue weighted by Gasteiger charge is 2.54. The van der Waals surface area contributed by atoms with Crippen molar-refractivity contribution < 1.29 is 177 Å². The van der Waals surface area contributed by atoms with E-state index in [-0.39, 0.29) is 28.2 Å². The van der Waals surface area contributed by atoms with E-state index in [1.165, 1.54) is 18.2 Å². The number of phenolic OH excluding ortho intramolecular Hbond substituents is 4. The van der Waals surface area contributed by atoms with Crippen LogP contribution in [0.1, 0.15) is 12.0 Å². The molecular formula is C58H60O37. The van der Waals surface area contributed by atoms with Gasteiger partial charge in [-0.1, -0.05) is 0 Å². The van der Waals surface area contributed by atoms with Crippen LogP contribution in [-0.4, -0.2) is 270 Å². The first kappa shape index (κ1) is 68.7. The van der Waals surface area contributed by atoms with E-state index in [0.717, 1.165) is 48.6 Å². The Labute approximate surface area is 529 Å². The van der Waals surface area contributed by atoms with Crippen molar-refractivity contribution in [3.63, 3.8) is 0 Å². The first-order valence-electron chi connectivity index (χ1n) is 28.2. The number of rotatable bonds is 19. The highest BCUT2D eigenvalue weighted by atomic mass is 16.8. The number of carbonyl (C=O) groups excluding carboxylic acids is 2. The van der Waals surface area contributed by atoms with E-state index in [0.29, 0.717) is 6.07 Å². The average molecular weight is 1350 g/mol. The Morgan fingerprint density at radius 1 is 0.547 bits per heavy atom. The van der Waals surface area contributed by atoms with Gasteiger partial charge in [0, 0.05) is 41.0 Å². The van der Waals surface area contributed by atoms with E-state index in [4.69, 9.17) is 61.3 Å². The van der Waals surface area contributed by atoms with Crippen LogP contribution in [0.5, 0.6) is 34.5 Å². The number of benzene rings is 3. The molecule has 4 fully saturated rings. The summed E-state index contributed by atoms with van der Waals surface area (Å²) in [4.78, 5) is 65.7. The molecule has 514 valence electrons. The molecule has 19 N–H and O–H groups in total. The lowest BCUT2D eigenvalue weighted by Gasteiger charge is -2.45. The van der Waals surface area contributed by atoms with Crippen LogP contribution in [0, 0.1) is 0 Å². The average Bonchev–Trinajstić information content (AvgIpc) is 0.767. The van der Waals surface area contributed by atoms with Gasteiger partial charge in [-0.25, -0.2) is 9.59 Å². The van der Waals surface area contributed by atoms with Gasteiger partial charge in [-0.05, 0) is 48.5 Å². The van der Waals surface area contributed by atoms with Gasteiger partial charge in [-0.2, -0.15) is 0 Å². The maximum absolute atomic E-state index is 14.7. The van der Waals surface area contributed by atoms with Gasteiger partial charge in [-0.3, -0.25) is 14.4 Å². The maximum Gasteiger partial charge on any atom is 0.506 e. The first-order chi connectivity index (χ1) is 45.0. The van der Waals surface area contributed by atoms with Crippen LogP contribution in [0.4, 0.5) is 4.79 Å². The molecule has 1 aliphatic carbocycles. The van der Waals surface area contributed by atoms with Crippen molar-refractivity contribution in [1.82, 2.24) is 0 Å². The summed E-state index contributed by atoms with van der Waals surface area (Å²) in [5, 5.41) is 200. The fourth-order valence-electron chi connectivity index (χ4n) is 10.7. The molecule has 0 saturated carbocycles. The highest BCUT2D eigenvalue weighted by Crippen LogP contribution is 2.43. The number of carboxylic acids is 1. The lowest BCUT2D eigenvalue weighted by Crippen LogP contribution is -2.65. The summed E-state index contributed by atoms with van der Waals surface area (Å²) < 4.78 is 72.9. The number of carbonyl (C=O) groups is 4. The fraction of sp³-hybridized carbons (Fsp3) is 0.431. The molecular weight excluding hydrogens is 1290 g/mol. The third-order valence-corrected chi connectivity index (χ3v) is 15.6. The molecule has 37 nitrogen and oxygen atoms in total. The largest absolute Gasteiger partial charge is 0.508 e. The number of ether oxygens (including phenoxy) is 12. The third-order valence-electron chi connectivity index (χ3n) is 15.6. The van der Waals surface area contributed by atoms with Crippen LogP contribution in [0.15, 0.2) is 105 Å². The van der Waals surface area contributed by atoms with E-state index in [2.05, 4.69) is 0 Å². The second kappa shape index (κ2) is 28.1. The Kier molecular flexibility index (Phi) is 20.3. The molecule has 0 amide bonds.